The number of piperidine rings is 1. The van der Waals surface area contributed by atoms with Crippen molar-refractivity contribution in [1.82, 2.24) is 20.3 Å². The molecule has 3 heterocycles. The number of rotatable bonds is 3. The van der Waals surface area contributed by atoms with E-state index in [4.69, 9.17) is 0 Å². The van der Waals surface area contributed by atoms with Crippen LogP contribution in [-0.4, -0.2) is 47.0 Å². The van der Waals surface area contributed by atoms with Gasteiger partial charge in [0.15, 0.2) is 0 Å². The molecule has 1 amide bonds. The molecule has 1 aromatic heterocycles. The molecule has 154 valence electrons. The molecule has 8 heteroatoms. The number of benzene rings is 1. The fourth-order valence-electron chi connectivity index (χ4n) is 4.32. The zero-order chi connectivity index (χ0) is 20.6. The van der Waals surface area contributed by atoms with E-state index in [9.17, 15) is 18.0 Å². The lowest BCUT2D eigenvalue weighted by molar-refractivity contribution is -0.136. The highest BCUT2D eigenvalue weighted by molar-refractivity contribution is 5.86. The number of carbonyl (C=O) groups is 1. The molecule has 1 unspecified atom stereocenters. The molecule has 2 aromatic rings. The van der Waals surface area contributed by atoms with E-state index in [1.54, 1.807) is 23.2 Å². The molecule has 2 atom stereocenters. The third kappa shape index (κ3) is 4.07. The number of pyridine rings is 1. The van der Waals surface area contributed by atoms with Crippen molar-refractivity contribution in [3.8, 4) is 0 Å². The molecule has 2 aliphatic heterocycles. The van der Waals surface area contributed by atoms with Gasteiger partial charge in [-0.05, 0) is 30.0 Å². The van der Waals surface area contributed by atoms with Crippen LogP contribution in [0.1, 0.15) is 30.4 Å². The van der Waals surface area contributed by atoms with E-state index < -0.39 is 11.7 Å². The SMILES string of the molecule is CC1C[C@@H](c2ccc(C(F)(F)F)c3ncccc23)CN(C(=O)CN2C=CCN2)C1. The Bertz CT molecular complexity index is 943. The zero-order valence-electron chi connectivity index (χ0n) is 16.1. The van der Waals surface area contributed by atoms with Crippen LogP contribution in [0.5, 0.6) is 0 Å². The summed E-state index contributed by atoms with van der Waals surface area (Å²) in [4.78, 5) is 18.6. The molecule has 0 bridgehead atoms. The van der Waals surface area contributed by atoms with Crippen molar-refractivity contribution in [3.63, 3.8) is 0 Å². The van der Waals surface area contributed by atoms with Crippen molar-refractivity contribution in [2.24, 2.45) is 5.92 Å². The van der Waals surface area contributed by atoms with E-state index in [2.05, 4.69) is 17.3 Å². The molecule has 0 radical (unpaired) electrons. The third-order valence-corrected chi connectivity index (χ3v) is 5.56. The van der Waals surface area contributed by atoms with Gasteiger partial charge in [0.2, 0.25) is 5.91 Å². The van der Waals surface area contributed by atoms with Crippen molar-refractivity contribution in [2.45, 2.75) is 25.4 Å². The average molecular weight is 404 g/mol. The van der Waals surface area contributed by atoms with E-state index in [1.807, 2.05) is 17.2 Å². The Kier molecular flexibility index (Phi) is 5.21. The van der Waals surface area contributed by atoms with E-state index in [-0.39, 0.29) is 29.8 Å². The smallest absolute Gasteiger partial charge is 0.340 e. The molecular weight excluding hydrogens is 381 g/mol. The zero-order valence-corrected chi connectivity index (χ0v) is 16.1. The lowest BCUT2D eigenvalue weighted by atomic mass is 9.83. The molecule has 0 aliphatic carbocycles. The van der Waals surface area contributed by atoms with E-state index in [0.29, 0.717) is 25.0 Å². The lowest BCUT2D eigenvalue weighted by Gasteiger charge is -2.38. The van der Waals surface area contributed by atoms with Crippen molar-refractivity contribution >= 4 is 16.8 Å². The highest BCUT2D eigenvalue weighted by atomic mass is 19.4. The molecule has 1 fully saturated rings. The van der Waals surface area contributed by atoms with Gasteiger partial charge in [-0.1, -0.05) is 25.1 Å². The van der Waals surface area contributed by atoms with Crippen LogP contribution in [0.15, 0.2) is 42.7 Å². The van der Waals surface area contributed by atoms with E-state index >= 15 is 0 Å². The number of halogens is 3. The van der Waals surface area contributed by atoms with Gasteiger partial charge in [-0.15, -0.1) is 0 Å². The van der Waals surface area contributed by atoms with Gasteiger partial charge in [0.05, 0.1) is 11.1 Å². The van der Waals surface area contributed by atoms with Crippen LogP contribution >= 0.6 is 0 Å². The highest BCUT2D eigenvalue weighted by Crippen LogP contribution is 2.39. The maximum absolute atomic E-state index is 13.4. The number of aromatic nitrogens is 1. The predicted octanol–water partition coefficient (Wildman–Crippen LogP) is 3.54. The van der Waals surface area contributed by atoms with Gasteiger partial charge >= 0.3 is 6.18 Å². The van der Waals surface area contributed by atoms with Crippen molar-refractivity contribution in [2.75, 3.05) is 26.2 Å². The fraction of sp³-hybridized carbons (Fsp3) is 0.429. The first-order valence-corrected chi connectivity index (χ1v) is 9.72. The molecule has 0 spiro atoms. The minimum absolute atomic E-state index is 0.00921. The Hall–Kier alpha value is -2.61. The maximum atomic E-state index is 13.4. The molecule has 1 aromatic carbocycles. The quantitative estimate of drug-likeness (QED) is 0.850. The molecule has 0 saturated carbocycles. The number of fused-ring (bicyclic) bond motifs is 1. The van der Waals surface area contributed by atoms with Gasteiger partial charge in [-0.2, -0.15) is 13.2 Å². The maximum Gasteiger partial charge on any atom is 0.418 e. The van der Waals surface area contributed by atoms with Gasteiger partial charge in [0.1, 0.15) is 6.54 Å². The molecular formula is C21H23F3N4O. The molecule has 1 saturated heterocycles. The second-order valence-corrected chi connectivity index (χ2v) is 7.81. The summed E-state index contributed by atoms with van der Waals surface area (Å²) < 4.78 is 40.2. The van der Waals surface area contributed by atoms with Gasteiger partial charge in [-0.25, -0.2) is 5.43 Å². The van der Waals surface area contributed by atoms with E-state index in [1.165, 1.54) is 6.20 Å². The summed E-state index contributed by atoms with van der Waals surface area (Å²) in [5, 5.41) is 2.27. The normalized spacial score (nSPS) is 22.5. The summed E-state index contributed by atoms with van der Waals surface area (Å²) in [5.74, 6) is 0.238. The topological polar surface area (TPSA) is 48.5 Å². The van der Waals surface area contributed by atoms with Gasteiger partial charge in [0.25, 0.3) is 0 Å². The number of nitrogens with one attached hydrogen (secondary N) is 1. The number of hydrogen-bond donors (Lipinski definition) is 1. The minimum atomic E-state index is -4.46. The van der Waals surface area contributed by atoms with Crippen LogP contribution in [0.25, 0.3) is 10.9 Å². The van der Waals surface area contributed by atoms with Gasteiger partial charge in [-0.3, -0.25) is 9.78 Å². The Morgan fingerprint density at radius 2 is 2.10 bits per heavy atom. The van der Waals surface area contributed by atoms with Crippen LogP contribution < -0.4 is 5.43 Å². The largest absolute Gasteiger partial charge is 0.418 e. The summed E-state index contributed by atoms with van der Waals surface area (Å²) in [5.41, 5.74) is 3.16. The number of likely N-dealkylation sites (tertiary alicyclic amines) is 1. The summed E-state index contributed by atoms with van der Waals surface area (Å²) in [6, 6.07) is 6.03. The minimum Gasteiger partial charge on any atom is -0.340 e. The molecule has 2 aliphatic rings. The van der Waals surface area contributed by atoms with Crippen LogP contribution in [0, 0.1) is 5.92 Å². The highest BCUT2D eigenvalue weighted by Gasteiger charge is 2.35. The monoisotopic (exact) mass is 404 g/mol. The summed E-state index contributed by atoms with van der Waals surface area (Å²) in [7, 11) is 0. The number of alkyl halides is 3. The summed E-state index contributed by atoms with van der Waals surface area (Å²) >= 11 is 0. The third-order valence-electron chi connectivity index (χ3n) is 5.56. The lowest BCUT2D eigenvalue weighted by Crippen LogP contribution is -2.47. The van der Waals surface area contributed by atoms with Crippen LogP contribution in [0.4, 0.5) is 13.2 Å². The first-order valence-electron chi connectivity index (χ1n) is 9.72. The summed E-state index contributed by atoms with van der Waals surface area (Å²) in [6.07, 6.45) is 1.54. The number of amides is 1. The van der Waals surface area contributed by atoms with Gasteiger partial charge in [0, 0.05) is 43.3 Å². The number of nitrogens with zero attached hydrogens (tertiary/aromatic N) is 3. The summed E-state index contributed by atoms with van der Waals surface area (Å²) in [6.45, 7) is 4.17. The Morgan fingerprint density at radius 3 is 2.83 bits per heavy atom. The van der Waals surface area contributed by atoms with Crippen molar-refractivity contribution in [3.05, 3.63) is 53.9 Å². The predicted molar refractivity (Wildman–Crippen MR) is 104 cm³/mol. The second kappa shape index (κ2) is 7.67. The fourth-order valence-corrected chi connectivity index (χ4v) is 4.32. The van der Waals surface area contributed by atoms with Crippen molar-refractivity contribution < 1.29 is 18.0 Å². The number of hydrazine groups is 1. The Morgan fingerprint density at radius 1 is 1.28 bits per heavy atom. The molecule has 4 rings (SSSR count). The first kappa shape index (κ1) is 19.7. The molecule has 1 N–H and O–H groups in total. The van der Waals surface area contributed by atoms with Crippen LogP contribution in [-0.2, 0) is 11.0 Å². The average Bonchev–Trinajstić information content (AvgIpc) is 3.18. The number of carbonyl (C=O) groups excluding carboxylic acids is 1. The molecule has 5 nitrogen and oxygen atoms in total. The molecule has 29 heavy (non-hydrogen) atoms. The standard InChI is InChI=1S/C21H23F3N4O/c1-14-10-15(12-27(11-14)19(29)13-28-9-3-8-26-28)16-5-6-18(21(22,23)24)20-17(16)4-2-7-25-20/h2-7,9,14-15,26H,8,10-13H2,1H3/t14?,15-/m1/s1. The van der Waals surface area contributed by atoms with E-state index in [0.717, 1.165) is 18.1 Å². The Balaban J connectivity index is 1.63. The van der Waals surface area contributed by atoms with Crippen LogP contribution in [0.2, 0.25) is 0 Å². The van der Waals surface area contributed by atoms with Crippen LogP contribution in [0.3, 0.4) is 0 Å². The number of hydrogen-bond acceptors (Lipinski definition) is 4. The first-order chi connectivity index (χ1) is 13.8. The second-order valence-electron chi connectivity index (χ2n) is 7.81. The van der Waals surface area contributed by atoms with Gasteiger partial charge < -0.3 is 9.91 Å². The Labute approximate surface area is 167 Å². The van der Waals surface area contributed by atoms with Crippen molar-refractivity contribution in [1.29, 1.82) is 0 Å².